The Hall–Kier alpha value is -4.26. The van der Waals surface area contributed by atoms with Gasteiger partial charge in [0.1, 0.15) is 11.5 Å². The first-order valence-electron chi connectivity index (χ1n) is 12.9. The number of phenols is 1. The third kappa shape index (κ3) is 5.83. The molecule has 1 amide bonds. The summed E-state index contributed by atoms with van der Waals surface area (Å²) in [5.41, 5.74) is 0.113. The number of anilines is 2. The Labute approximate surface area is 235 Å². The monoisotopic (exact) mass is 564 g/mol. The summed E-state index contributed by atoms with van der Waals surface area (Å²) in [5, 5.41) is 17.4. The molecule has 4 heterocycles. The van der Waals surface area contributed by atoms with E-state index in [1.807, 2.05) is 44.7 Å². The fourth-order valence-electron chi connectivity index (χ4n) is 4.58. The van der Waals surface area contributed by atoms with E-state index in [2.05, 4.69) is 29.4 Å². The normalized spacial score (nSPS) is 18.2. The average molecular weight is 565 g/mol. The van der Waals surface area contributed by atoms with Crippen LogP contribution >= 0.6 is 0 Å². The minimum atomic E-state index is -1.85. The molecule has 1 saturated heterocycles. The molecule has 0 saturated carbocycles. The topological polar surface area (TPSA) is 149 Å². The number of nitrogens with one attached hydrogen (secondary N) is 2. The van der Waals surface area contributed by atoms with Gasteiger partial charge in [0.15, 0.2) is 17.4 Å². The number of amidine groups is 2. The molecule has 2 aliphatic heterocycles. The largest absolute Gasteiger partial charge is 0.505 e. The first-order valence-corrected chi connectivity index (χ1v) is 14.0. The van der Waals surface area contributed by atoms with E-state index in [1.54, 1.807) is 41.6 Å². The summed E-state index contributed by atoms with van der Waals surface area (Å²) in [7, 11) is 0. The molecule has 3 aromatic rings. The number of aromatic hydroxyl groups is 1. The zero-order chi connectivity index (χ0) is 28.4. The number of hydrogen-bond acceptors (Lipinski definition) is 9. The van der Waals surface area contributed by atoms with Gasteiger partial charge < -0.3 is 30.0 Å². The van der Waals surface area contributed by atoms with E-state index in [0.717, 1.165) is 5.76 Å². The van der Waals surface area contributed by atoms with Crippen LogP contribution in [0.1, 0.15) is 48.7 Å². The Balaban J connectivity index is 1.30. The molecule has 2 aliphatic rings. The SMILES string of the molecule is Cc1ccc([C@H](NC2=NS(=O)N=C2Nc2cccc(C(=O)N3CCN(c4ncccn4)CC3)c2O)C(C)(C)C)o1. The number of piperazine rings is 1. The predicted molar refractivity (Wildman–Crippen MR) is 154 cm³/mol. The number of aryl methyl sites for hydroxylation is 1. The van der Waals surface area contributed by atoms with Crippen molar-refractivity contribution in [3.63, 3.8) is 0 Å². The van der Waals surface area contributed by atoms with Gasteiger partial charge in [0.2, 0.25) is 5.95 Å². The third-order valence-electron chi connectivity index (χ3n) is 6.68. The Morgan fingerprint density at radius 2 is 1.73 bits per heavy atom. The van der Waals surface area contributed by atoms with Gasteiger partial charge in [-0.05, 0) is 42.7 Å². The van der Waals surface area contributed by atoms with Gasteiger partial charge in [-0.3, -0.25) is 4.79 Å². The van der Waals surface area contributed by atoms with E-state index in [1.165, 1.54) is 0 Å². The highest BCUT2D eigenvalue weighted by atomic mass is 32.2. The van der Waals surface area contributed by atoms with Crippen LogP contribution in [0.4, 0.5) is 11.6 Å². The van der Waals surface area contributed by atoms with E-state index in [-0.39, 0.29) is 46.0 Å². The summed E-state index contributed by atoms with van der Waals surface area (Å²) in [4.78, 5) is 25.6. The lowest BCUT2D eigenvalue weighted by Crippen LogP contribution is -2.49. The molecule has 40 heavy (non-hydrogen) atoms. The fourth-order valence-corrected chi connectivity index (χ4v) is 5.20. The second kappa shape index (κ2) is 11.1. The fraction of sp³-hybridized carbons (Fsp3) is 0.370. The number of aromatic nitrogens is 2. The van der Waals surface area contributed by atoms with Crippen LogP contribution in [0.25, 0.3) is 0 Å². The number of amides is 1. The Morgan fingerprint density at radius 1 is 1.02 bits per heavy atom. The van der Waals surface area contributed by atoms with Gasteiger partial charge >= 0.3 is 0 Å². The predicted octanol–water partition coefficient (Wildman–Crippen LogP) is 3.22. The van der Waals surface area contributed by atoms with Crippen molar-refractivity contribution < 1.29 is 18.5 Å². The van der Waals surface area contributed by atoms with Crippen molar-refractivity contribution in [1.82, 2.24) is 20.2 Å². The van der Waals surface area contributed by atoms with Gasteiger partial charge in [-0.1, -0.05) is 26.8 Å². The number of nitrogens with zero attached hydrogens (tertiary/aromatic N) is 6. The van der Waals surface area contributed by atoms with Gasteiger partial charge in [-0.15, -0.1) is 8.80 Å². The van der Waals surface area contributed by atoms with Crippen molar-refractivity contribution in [1.29, 1.82) is 0 Å². The minimum absolute atomic E-state index is 0.152. The number of hydrogen-bond donors (Lipinski definition) is 3. The van der Waals surface area contributed by atoms with Crippen LogP contribution in [-0.4, -0.2) is 67.9 Å². The average Bonchev–Trinajstić information content (AvgIpc) is 3.52. The molecule has 2 atom stereocenters. The Kier molecular flexibility index (Phi) is 7.57. The molecule has 13 heteroatoms. The van der Waals surface area contributed by atoms with Gasteiger partial charge in [-0.2, -0.15) is 0 Å². The maximum Gasteiger partial charge on any atom is 0.269 e. The molecule has 2 aromatic heterocycles. The summed E-state index contributed by atoms with van der Waals surface area (Å²) in [6, 6.07) is 10.1. The molecular formula is C27H32N8O4S. The summed E-state index contributed by atoms with van der Waals surface area (Å²) >= 11 is -1.85. The summed E-state index contributed by atoms with van der Waals surface area (Å²) in [6.45, 7) is 10.1. The van der Waals surface area contributed by atoms with Crippen LogP contribution in [0.3, 0.4) is 0 Å². The lowest BCUT2D eigenvalue weighted by molar-refractivity contribution is 0.0743. The second-order valence-corrected chi connectivity index (χ2v) is 11.5. The van der Waals surface area contributed by atoms with E-state index >= 15 is 0 Å². The zero-order valence-electron chi connectivity index (χ0n) is 22.8. The smallest absolute Gasteiger partial charge is 0.269 e. The van der Waals surface area contributed by atoms with Crippen molar-refractivity contribution in [2.75, 3.05) is 36.4 Å². The quantitative estimate of drug-likeness (QED) is 0.397. The number of para-hydroxylation sites is 1. The van der Waals surface area contributed by atoms with Crippen LogP contribution < -0.4 is 15.5 Å². The lowest BCUT2D eigenvalue weighted by Gasteiger charge is -2.34. The number of rotatable bonds is 5. The van der Waals surface area contributed by atoms with Crippen molar-refractivity contribution in [2.24, 2.45) is 14.2 Å². The highest BCUT2D eigenvalue weighted by Gasteiger charge is 2.33. The van der Waals surface area contributed by atoms with Crippen molar-refractivity contribution in [3.8, 4) is 5.75 Å². The lowest BCUT2D eigenvalue weighted by atomic mass is 9.85. The Morgan fingerprint density at radius 3 is 2.38 bits per heavy atom. The second-order valence-electron chi connectivity index (χ2n) is 10.7. The number of carbonyl (C=O) groups is 1. The van der Waals surface area contributed by atoms with Gasteiger partial charge in [0, 0.05) is 38.6 Å². The Bertz CT molecular complexity index is 1470. The molecule has 0 aliphatic carbocycles. The van der Waals surface area contributed by atoms with E-state index < -0.39 is 11.2 Å². The summed E-state index contributed by atoms with van der Waals surface area (Å²) < 4.78 is 26.4. The molecule has 12 nitrogen and oxygen atoms in total. The molecule has 3 N–H and O–H groups in total. The summed E-state index contributed by atoms with van der Waals surface area (Å²) in [5.74, 6) is 2.04. The first kappa shape index (κ1) is 27.3. The molecule has 1 fully saturated rings. The minimum Gasteiger partial charge on any atom is -0.505 e. The van der Waals surface area contributed by atoms with Crippen LogP contribution in [0.15, 0.2) is 62.0 Å². The number of phenolic OH excluding ortho intramolecular Hbond substituents is 1. The van der Waals surface area contributed by atoms with Gasteiger partial charge in [0.25, 0.3) is 17.1 Å². The molecule has 5 rings (SSSR count). The van der Waals surface area contributed by atoms with Crippen LogP contribution in [0.5, 0.6) is 5.75 Å². The molecule has 210 valence electrons. The third-order valence-corrected chi connectivity index (χ3v) is 7.35. The van der Waals surface area contributed by atoms with E-state index in [4.69, 9.17) is 4.42 Å². The summed E-state index contributed by atoms with van der Waals surface area (Å²) in [6.07, 6.45) is 3.38. The number of carbonyl (C=O) groups excluding carboxylic acids is 1. The van der Waals surface area contributed by atoms with Crippen molar-refractivity contribution in [2.45, 2.75) is 33.7 Å². The zero-order valence-corrected chi connectivity index (χ0v) is 23.6. The van der Waals surface area contributed by atoms with Crippen molar-refractivity contribution in [3.05, 3.63) is 65.9 Å². The molecule has 0 bridgehead atoms. The molecule has 0 radical (unpaired) electrons. The molecular weight excluding hydrogens is 532 g/mol. The van der Waals surface area contributed by atoms with Crippen LogP contribution in [-0.2, 0) is 11.2 Å². The van der Waals surface area contributed by atoms with E-state index in [9.17, 15) is 14.1 Å². The maximum absolute atomic E-state index is 13.3. The standard InChI is InChI=1S/C27H32N8O4S/c1-17-9-10-20(39-17)22(27(2,3)4)31-24-23(32-40(38)33-24)30-19-8-5-7-18(21(19)36)25(37)34-13-15-35(16-14-34)26-28-11-6-12-29-26/h5-12,22,36H,13-16H2,1-4H3,(H,30,32)(H,31,33)/t22-,40?/m0/s1. The number of benzene rings is 1. The molecule has 1 unspecified atom stereocenters. The van der Waals surface area contributed by atoms with Gasteiger partial charge in [-0.25, -0.2) is 14.2 Å². The maximum atomic E-state index is 13.3. The highest BCUT2D eigenvalue weighted by Crippen LogP contribution is 2.34. The van der Waals surface area contributed by atoms with Crippen LogP contribution in [0.2, 0.25) is 0 Å². The van der Waals surface area contributed by atoms with Crippen molar-refractivity contribution >= 4 is 40.4 Å². The first-order chi connectivity index (χ1) is 19.1. The number of furan rings is 1. The molecule has 1 aromatic carbocycles. The molecule has 0 spiro atoms. The van der Waals surface area contributed by atoms with Gasteiger partial charge in [0.05, 0.1) is 17.3 Å². The highest BCUT2D eigenvalue weighted by molar-refractivity contribution is 7.83. The van der Waals surface area contributed by atoms with Crippen LogP contribution in [0, 0.1) is 12.3 Å². The van der Waals surface area contributed by atoms with E-state index in [0.29, 0.717) is 37.9 Å².